The van der Waals surface area contributed by atoms with Crippen LogP contribution in [0.3, 0.4) is 0 Å². The zero-order chi connectivity index (χ0) is 23.5. The number of aromatic amines is 2. The van der Waals surface area contributed by atoms with E-state index in [1.165, 1.54) is 11.8 Å². The van der Waals surface area contributed by atoms with Crippen LogP contribution in [0.25, 0.3) is 28.1 Å². The summed E-state index contributed by atoms with van der Waals surface area (Å²) in [5.74, 6) is 1.22. The van der Waals surface area contributed by atoms with Gasteiger partial charge in [0.1, 0.15) is 5.75 Å². The second kappa shape index (κ2) is 9.28. The predicted molar refractivity (Wildman–Crippen MR) is 132 cm³/mol. The molecule has 0 bridgehead atoms. The number of thioether (sulfide) groups is 1. The van der Waals surface area contributed by atoms with Crippen LogP contribution in [0.5, 0.6) is 5.75 Å². The van der Waals surface area contributed by atoms with Gasteiger partial charge in [-0.05, 0) is 42.5 Å². The van der Waals surface area contributed by atoms with Crippen molar-refractivity contribution in [1.29, 1.82) is 0 Å². The number of carbonyl (C=O) groups excluding carboxylic acids is 1. The topological polar surface area (TPSA) is 118 Å². The number of amides is 1. The minimum absolute atomic E-state index is 0.124. The molecular formula is C24H20N6O3S. The molecule has 0 saturated heterocycles. The quantitative estimate of drug-likeness (QED) is 0.310. The number of hydrogen-bond donors (Lipinski definition) is 3. The van der Waals surface area contributed by atoms with E-state index in [2.05, 4.69) is 25.5 Å². The Kier molecular flexibility index (Phi) is 5.88. The van der Waals surface area contributed by atoms with Crippen LogP contribution in [0.4, 0.5) is 5.69 Å². The van der Waals surface area contributed by atoms with E-state index in [1.807, 2.05) is 59.2 Å². The Morgan fingerprint density at radius 3 is 2.59 bits per heavy atom. The number of anilines is 1. The number of benzene rings is 3. The second-order valence-electron chi connectivity index (χ2n) is 7.35. The number of nitrogens with one attached hydrogen (secondary N) is 3. The van der Waals surface area contributed by atoms with Gasteiger partial charge in [-0.1, -0.05) is 42.1 Å². The fourth-order valence-electron chi connectivity index (χ4n) is 3.61. The third-order valence-corrected chi connectivity index (χ3v) is 6.06. The van der Waals surface area contributed by atoms with Crippen molar-refractivity contribution in [2.75, 3.05) is 18.2 Å². The molecule has 5 aromatic rings. The number of hydrogen-bond acceptors (Lipinski definition) is 6. The average molecular weight is 473 g/mol. The Morgan fingerprint density at radius 1 is 1.00 bits per heavy atom. The zero-order valence-corrected chi connectivity index (χ0v) is 18.9. The van der Waals surface area contributed by atoms with E-state index in [0.717, 1.165) is 11.3 Å². The molecule has 0 aliphatic carbocycles. The van der Waals surface area contributed by atoms with E-state index in [1.54, 1.807) is 25.3 Å². The van der Waals surface area contributed by atoms with Crippen molar-refractivity contribution in [1.82, 2.24) is 24.7 Å². The van der Waals surface area contributed by atoms with Gasteiger partial charge in [0.2, 0.25) is 5.91 Å². The van der Waals surface area contributed by atoms with Gasteiger partial charge in [0.25, 0.3) is 0 Å². The molecule has 0 spiro atoms. The molecule has 170 valence electrons. The van der Waals surface area contributed by atoms with E-state index in [9.17, 15) is 9.59 Å². The fourth-order valence-corrected chi connectivity index (χ4v) is 4.37. The molecule has 0 aliphatic rings. The van der Waals surface area contributed by atoms with Gasteiger partial charge < -0.3 is 20.0 Å². The summed E-state index contributed by atoms with van der Waals surface area (Å²) in [5, 5.41) is 12.2. The molecule has 2 aromatic heterocycles. The molecule has 0 saturated carbocycles. The summed E-state index contributed by atoms with van der Waals surface area (Å²) in [6.45, 7) is 0. The molecule has 10 heteroatoms. The first-order chi connectivity index (χ1) is 16.6. The molecule has 0 radical (unpaired) electrons. The first-order valence-corrected chi connectivity index (χ1v) is 11.4. The van der Waals surface area contributed by atoms with Crippen LogP contribution in [0, 0.1) is 0 Å². The maximum absolute atomic E-state index is 12.7. The van der Waals surface area contributed by atoms with E-state index < -0.39 is 0 Å². The van der Waals surface area contributed by atoms with Crippen LogP contribution in [0.2, 0.25) is 0 Å². The number of imidazole rings is 1. The number of fused-ring (bicyclic) bond motifs is 1. The molecule has 9 nitrogen and oxygen atoms in total. The van der Waals surface area contributed by atoms with Gasteiger partial charge in [-0.25, -0.2) is 4.79 Å². The molecule has 2 heterocycles. The van der Waals surface area contributed by atoms with E-state index in [-0.39, 0.29) is 17.3 Å². The Labute approximate surface area is 198 Å². The third-order valence-electron chi connectivity index (χ3n) is 5.13. The molecule has 0 fully saturated rings. The lowest BCUT2D eigenvalue weighted by atomic mass is 10.2. The van der Waals surface area contributed by atoms with Crippen molar-refractivity contribution in [2.24, 2.45) is 0 Å². The highest BCUT2D eigenvalue weighted by Gasteiger charge is 2.19. The molecule has 3 aromatic carbocycles. The third kappa shape index (κ3) is 4.30. The molecule has 5 rings (SSSR count). The lowest BCUT2D eigenvalue weighted by Gasteiger charge is -2.12. The predicted octanol–water partition coefficient (Wildman–Crippen LogP) is 3.84. The SMILES string of the molecule is COc1ccccc1-c1nnc(SCC(=O)Nc2ccc3[nH]c(=O)[nH]c3c2)n1-c1ccccc1. The van der Waals surface area contributed by atoms with E-state index in [0.29, 0.717) is 33.5 Å². The van der Waals surface area contributed by atoms with Gasteiger partial charge >= 0.3 is 5.69 Å². The lowest BCUT2D eigenvalue weighted by molar-refractivity contribution is -0.113. The fraction of sp³-hybridized carbons (Fsp3) is 0.0833. The summed E-state index contributed by atoms with van der Waals surface area (Å²) in [6, 6.07) is 22.5. The van der Waals surface area contributed by atoms with Gasteiger partial charge in [0.15, 0.2) is 11.0 Å². The maximum atomic E-state index is 12.7. The van der Waals surface area contributed by atoms with Gasteiger partial charge in [-0.3, -0.25) is 9.36 Å². The van der Waals surface area contributed by atoms with Crippen LogP contribution in [0.15, 0.2) is 82.7 Å². The summed E-state index contributed by atoms with van der Waals surface area (Å²) >= 11 is 1.28. The number of nitrogens with zero attached hydrogens (tertiary/aromatic N) is 3. The van der Waals surface area contributed by atoms with Crippen LogP contribution in [-0.2, 0) is 4.79 Å². The van der Waals surface area contributed by atoms with Gasteiger partial charge in [0, 0.05) is 11.4 Å². The number of rotatable bonds is 7. The van der Waals surface area contributed by atoms with Gasteiger partial charge in [-0.15, -0.1) is 10.2 Å². The normalized spacial score (nSPS) is 11.0. The summed E-state index contributed by atoms with van der Waals surface area (Å²) in [7, 11) is 1.61. The molecule has 1 amide bonds. The van der Waals surface area contributed by atoms with E-state index in [4.69, 9.17) is 4.74 Å². The van der Waals surface area contributed by atoms with Crippen molar-refractivity contribution in [3.05, 3.63) is 83.3 Å². The van der Waals surface area contributed by atoms with Crippen LogP contribution < -0.4 is 15.7 Å². The zero-order valence-electron chi connectivity index (χ0n) is 18.1. The summed E-state index contributed by atoms with van der Waals surface area (Å²) in [5.41, 5.74) is 3.27. The second-order valence-corrected chi connectivity index (χ2v) is 8.30. The summed E-state index contributed by atoms with van der Waals surface area (Å²) < 4.78 is 7.43. The van der Waals surface area contributed by atoms with Crippen molar-refractivity contribution in [3.63, 3.8) is 0 Å². The first kappa shape index (κ1) is 21.5. The highest BCUT2D eigenvalue weighted by Crippen LogP contribution is 2.33. The Bertz CT molecular complexity index is 1520. The summed E-state index contributed by atoms with van der Waals surface area (Å²) in [6.07, 6.45) is 0. The minimum Gasteiger partial charge on any atom is -0.496 e. The lowest BCUT2D eigenvalue weighted by Crippen LogP contribution is -2.14. The monoisotopic (exact) mass is 472 g/mol. The van der Waals surface area contributed by atoms with Crippen LogP contribution >= 0.6 is 11.8 Å². The molecule has 0 unspecified atom stereocenters. The number of H-pyrrole nitrogens is 2. The molecule has 0 aliphatic heterocycles. The Balaban J connectivity index is 1.40. The van der Waals surface area contributed by atoms with Gasteiger partial charge in [0.05, 0.1) is 29.5 Å². The van der Waals surface area contributed by atoms with Crippen LogP contribution in [-0.4, -0.2) is 43.5 Å². The molecule has 0 atom stereocenters. The van der Waals surface area contributed by atoms with E-state index >= 15 is 0 Å². The first-order valence-electron chi connectivity index (χ1n) is 10.4. The largest absolute Gasteiger partial charge is 0.496 e. The number of aromatic nitrogens is 5. The Morgan fingerprint density at radius 2 is 1.76 bits per heavy atom. The minimum atomic E-state index is -0.292. The summed E-state index contributed by atoms with van der Waals surface area (Å²) in [4.78, 5) is 29.5. The van der Waals surface area contributed by atoms with Crippen molar-refractivity contribution >= 4 is 34.4 Å². The Hall–Kier alpha value is -4.31. The standard InChI is InChI=1S/C24H20N6O3S/c1-33-20-10-6-5-9-17(20)22-28-29-24(30(22)16-7-3-2-4-8-16)34-14-21(31)25-15-11-12-18-19(13-15)27-23(32)26-18/h2-13H,14H2,1H3,(H,25,31)(H2,26,27,32). The highest BCUT2D eigenvalue weighted by molar-refractivity contribution is 7.99. The average Bonchev–Trinajstić information content (AvgIpc) is 3.45. The number of carbonyl (C=O) groups is 1. The molecular weight excluding hydrogens is 452 g/mol. The van der Waals surface area contributed by atoms with Gasteiger partial charge in [-0.2, -0.15) is 0 Å². The number of methoxy groups -OCH3 is 1. The van der Waals surface area contributed by atoms with Crippen molar-refractivity contribution in [3.8, 4) is 22.8 Å². The number of para-hydroxylation sites is 2. The highest BCUT2D eigenvalue weighted by atomic mass is 32.2. The molecule has 34 heavy (non-hydrogen) atoms. The van der Waals surface area contributed by atoms with Crippen molar-refractivity contribution in [2.45, 2.75) is 5.16 Å². The van der Waals surface area contributed by atoms with Crippen LogP contribution in [0.1, 0.15) is 0 Å². The number of ether oxygens (including phenoxy) is 1. The maximum Gasteiger partial charge on any atom is 0.323 e. The molecule has 3 N–H and O–H groups in total. The van der Waals surface area contributed by atoms with Crippen molar-refractivity contribution < 1.29 is 9.53 Å². The smallest absolute Gasteiger partial charge is 0.323 e.